The number of carbonyl (C=O) groups is 1. The van der Waals surface area contributed by atoms with Crippen LogP contribution in [0.15, 0.2) is 30.9 Å². The van der Waals surface area contributed by atoms with E-state index >= 15 is 0 Å². The van der Waals surface area contributed by atoms with Gasteiger partial charge in [-0.3, -0.25) is 0 Å². The molecule has 0 aliphatic carbocycles. The number of aryl methyl sites for hydroxylation is 1. The van der Waals surface area contributed by atoms with Crippen LogP contribution in [0.1, 0.15) is 17.3 Å². The molecule has 0 fully saturated rings. The summed E-state index contributed by atoms with van der Waals surface area (Å²) in [7, 11) is 0. The van der Waals surface area contributed by atoms with Gasteiger partial charge < -0.3 is 11.3 Å². The van der Waals surface area contributed by atoms with E-state index in [9.17, 15) is 4.79 Å². The van der Waals surface area contributed by atoms with E-state index in [4.69, 9.17) is 9.84 Å². The van der Waals surface area contributed by atoms with E-state index in [0.29, 0.717) is 17.9 Å². The average Bonchev–Trinajstić information content (AvgIpc) is 2.14. The maximum Gasteiger partial charge on any atom is 1.00 e. The second kappa shape index (κ2) is 6.67. The van der Waals surface area contributed by atoms with Gasteiger partial charge in [0.15, 0.2) is 0 Å². The largest absolute Gasteiger partial charge is 1.00 e. The smallest absolute Gasteiger partial charge is 1.00 e. The van der Waals surface area contributed by atoms with Crippen LogP contribution in [-0.4, -0.2) is 17.7 Å². The first kappa shape index (κ1) is 14.2. The van der Waals surface area contributed by atoms with Crippen LogP contribution in [0.5, 0.6) is 5.75 Å². The molecule has 1 N–H and O–H groups in total. The molecular weight excluding hydrogens is 203 g/mol. The van der Waals surface area contributed by atoms with Crippen LogP contribution in [0.4, 0.5) is 0 Å². The molecule has 4 heteroatoms. The molecule has 76 valence electrons. The van der Waals surface area contributed by atoms with Crippen molar-refractivity contribution in [2.45, 2.75) is 6.92 Å². The maximum atomic E-state index is 10.9. The minimum Gasteiger partial charge on any atom is -1.00 e. The Bertz CT molecular complexity index is 366. The molecule has 0 heterocycles. The number of carboxylic acids is 1. The molecule has 0 atom stereocenters. The third kappa shape index (κ3) is 3.70. The van der Waals surface area contributed by atoms with Crippen LogP contribution < -0.4 is 34.3 Å². The van der Waals surface area contributed by atoms with Gasteiger partial charge >= 0.3 is 35.5 Å². The molecule has 1 rings (SSSR count). The van der Waals surface area contributed by atoms with E-state index in [1.54, 1.807) is 31.2 Å². The number of carboxylic acid groups (broad SMARTS) is 1. The van der Waals surface area contributed by atoms with Gasteiger partial charge in [-0.25, -0.2) is 4.79 Å². The summed E-state index contributed by atoms with van der Waals surface area (Å²) < 4.78 is 5.23. The third-order valence-corrected chi connectivity index (χ3v) is 1.81. The number of aromatic carboxylic acids is 1. The molecule has 0 saturated heterocycles. The zero-order chi connectivity index (χ0) is 10.6. The minimum absolute atomic E-state index is 0. The molecule has 0 spiro atoms. The zero-order valence-corrected chi connectivity index (χ0v) is 11.0. The maximum absolute atomic E-state index is 10.9. The van der Waals surface area contributed by atoms with Gasteiger partial charge in [-0.15, -0.1) is 0 Å². The van der Waals surface area contributed by atoms with Crippen molar-refractivity contribution in [3.63, 3.8) is 0 Å². The fourth-order valence-electron chi connectivity index (χ4n) is 1.18. The predicted molar refractivity (Wildman–Crippen MR) is 54.9 cm³/mol. The topological polar surface area (TPSA) is 46.5 Å². The van der Waals surface area contributed by atoms with E-state index in [-0.39, 0.29) is 36.5 Å². The van der Waals surface area contributed by atoms with Gasteiger partial charge in [-0.2, -0.15) is 0 Å². The molecule has 1 aromatic carbocycles. The van der Waals surface area contributed by atoms with E-state index in [2.05, 4.69) is 6.58 Å². The Kier molecular flexibility index (Phi) is 6.32. The fraction of sp³-hybridized carbons (Fsp3) is 0.182. The van der Waals surface area contributed by atoms with Gasteiger partial charge in [-0.1, -0.05) is 24.8 Å². The molecule has 0 aromatic heterocycles. The number of ether oxygens (including phenoxy) is 1. The molecule has 0 saturated carbocycles. The molecular formula is C11H13NaO3. The summed E-state index contributed by atoms with van der Waals surface area (Å²) in [6.07, 6.45) is 1.58. The first-order valence-electron chi connectivity index (χ1n) is 4.23. The van der Waals surface area contributed by atoms with Gasteiger partial charge in [0.1, 0.15) is 17.9 Å². The van der Waals surface area contributed by atoms with Crippen molar-refractivity contribution in [2.75, 3.05) is 6.61 Å². The third-order valence-electron chi connectivity index (χ3n) is 1.81. The fourth-order valence-corrected chi connectivity index (χ4v) is 1.18. The summed E-state index contributed by atoms with van der Waals surface area (Å²) in [5.41, 5.74) is 0.911. The molecule has 0 amide bonds. The quantitative estimate of drug-likeness (QED) is 0.538. The number of hydrogen-bond donors (Lipinski definition) is 1. The first-order chi connectivity index (χ1) is 6.66. The monoisotopic (exact) mass is 216 g/mol. The van der Waals surface area contributed by atoms with Crippen LogP contribution in [-0.2, 0) is 0 Å². The summed E-state index contributed by atoms with van der Waals surface area (Å²) >= 11 is 0. The Morgan fingerprint density at radius 3 is 2.87 bits per heavy atom. The van der Waals surface area contributed by atoms with E-state index < -0.39 is 5.97 Å². The van der Waals surface area contributed by atoms with Crippen LogP contribution >= 0.6 is 0 Å². The summed E-state index contributed by atoms with van der Waals surface area (Å²) in [5, 5.41) is 8.94. The normalized spacial score (nSPS) is 8.87. The van der Waals surface area contributed by atoms with Crippen LogP contribution in [0.3, 0.4) is 0 Å². The van der Waals surface area contributed by atoms with Crippen molar-refractivity contribution in [3.8, 4) is 5.75 Å². The minimum atomic E-state index is -0.970. The van der Waals surface area contributed by atoms with E-state index in [1.807, 2.05) is 0 Å². The summed E-state index contributed by atoms with van der Waals surface area (Å²) in [6.45, 7) is 5.55. The molecule has 15 heavy (non-hydrogen) atoms. The zero-order valence-electron chi connectivity index (χ0n) is 9.99. The number of hydrogen-bond acceptors (Lipinski definition) is 2. The molecule has 0 aliphatic rings. The van der Waals surface area contributed by atoms with E-state index in [0.717, 1.165) is 0 Å². The van der Waals surface area contributed by atoms with Crippen LogP contribution in [0.25, 0.3) is 0 Å². The van der Waals surface area contributed by atoms with Crippen molar-refractivity contribution in [2.24, 2.45) is 0 Å². The van der Waals surface area contributed by atoms with Gasteiger partial charge in [0.2, 0.25) is 0 Å². The molecule has 1 aromatic rings. The SMILES string of the molecule is C=CCOc1cccc(C)c1C(=O)O.[H-].[Na+]. The second-order valence-corrected chi connectivity index (χ2v) is 2.85. The number of benzene rings is 1. The summed E-state index contributed by atoms with van der Waals surface area (Å²) in [5.74, 6) is -0.584. The van der Waals surface area contributed by atoms with Gasteiger partial charge in [0, 0.05) is 0 Å². The predicted octanol–water partition coefficient (Wildman–Crippen LogP) is -0.625. The van der Waals surface area contributed by atoms with Crippen molar-refractivity contribution < 1.29 is 45.6 Å². The van der Waals surface area contributed by atoms with Crippen LogP contribution in [0.2, 0.25) is 0 Å². The Morgan fingerprint density at radius 2 is 2.33 bits per heavy atom. The Balaban J connectivity index is 0. The summed E-state index contributed by atoms with van der Waals surface area (Å²) in [6, 6.07) is 5.14. The van der Waals surface area contributed by atoms with Gasteiger partial charge in [-0.05, 0) is 18.6 Å². The Labute approximate surface area is 113 Å². The number of rotatable bonds is 4. The Morgan fingerprint density at radius 1 is 1.67 bits per heavy atom. The van der Waals surface area contributed by atoms with Crippen molar-refractivity contribution >= 4 is 5.97 Å². The molecule has 0 radical (unpaired) electrons. The molecule has 3 nitrogen and oxygen atoms in total. The standard InChI is InChI=1S/C11H12O3.Na.H/c1-3-7-14-9-6-4-5-8(2)10(9)11(12)13;;/h3-6H,1,7H2,2H3,(H,12,13);;/q;+1;-1. The van der Waals surface area contributed by atoms with Gasteiger partial charge in [0.25, 0.3) is 0 Å². The average molecular weight is 216 g/mol. The second-order valence-electron chi connectivity index (χ2n) is 2.85. The Hall–Kier alpha value is -0.770. The molecule has 0 bridgehead atoms. The summed E-state index contributed by atoms with van der Waals surface area (Å²) in [4.78, 5) is 10.9. The van der Waals surface area contributed by atoms with Crippen molar-refractivity contribution in [1.29, 1.82) is 0 Å². The van der Waals surface area contributed by atoms with Crippen LogP contribution in [0, 0.1) is 6.92 Å². The molecule has 0 unspecified atom stereocenters. The first-order valence-corrected chi connectivity index (χ1v) is 4.23. The van der Waals surface area contributed by atoms with Crippen molar-refractivity contribution in [3.05, 3.63) is 42.0 Å². The van der Waals surface area contributed by atoms with E-state index in [1.165, 1.54) is 0 Å². The van der Waals surface area contributed by atoms with Crippen molar-refractivity contribution in [1.82, 2.24) is 0 Å². The van der Waals surface area contributed by atoms with Gasteiger partial charge in [0.05, 0.1) is 0 Å². The molecule has 0 aliphatic heterocycles.